The van der Waals surface area contributed by atoms with Gasteiger partial charge in [-0.1, -0.05) is 18.2 Å². The Labute approximate surface area is 156 Å². The average molecular weight is 394 g/mol. The number of amides is 1. The molecule has 27 heavy (non-hydrogen) atoms. The highest BCUT2D eigenvalue weighted by molar-refractivity contribution is 7.88. The highest BCUT2D eigenvalue weighted by Crippen LogP contribution is 2.13. The zero-order chi connectivity index (χ0) is 20.0. The van der Waals surface area contributed by atoms with Gasteiger partial charge in [-0.3, -0.25) is 4.79 Å². The van der Waals surface area contributed by atoms with Gasteiger partial charge in [-0.25, -0.2) is 17.6 Å². The average Bonchev–Trinajstić information content (AvgIpc) is 2.61. The molecular formula is C18H19FN2O5S. The summed E-state index contributed by atoms with van der Waals surface area (Å²) in [5.74, 6) is -1.57. The first-order valence-electron chi connectivity index (χ1n) is 7.87. The van der Waals surface area contributed by atoms with Gasteiger partial charge in [0.1, 0.15) is 5.82 Å². The minimum absolute atomic E-state index is 0.0747. The van der Waals surface area contributed by atoms with Crippen LogP contribution in [0.4, 0.5) is 10.1 Å². The van der Waals surface area contributed by atoms with Crippen molar-refractivity contribution in [2.24, 2.45) is 0 Å². The van der Waals surface area contributed by atoms with E-state index >= 15 is 0 Å². The number of benzene rings is 2. The highest BCUT2D eigenvalue weighted by atomic mass is 32.2. The maximum absolute atomic E-state index is 13.0. The van der Waals surface area contributed by atoms with Gasteiger partial charge in [0, 0.05) is 12.2 Å². The van der Waals surface area contributed by atoms with Crippen LogP contribution in [0.25, 0.3) is 0 Å². The Morgan fingerprint density at radius 1 is 1.15 bits per heavy atom. The van der Waals surface area contributed by atoms with E-state index in [0.717, 1.165) is 10.6 Å². The van der Waals surface area contributed by atoms with Crippen molar-refractivity contribution in [1.82, 2.24) is 4.31 Å². The van der Waals surface area contributed by atoms with E-state index in [9.17, 15) is 22.4 Å². The number of hydrogen-bond acceptors (Lipinski definition) is 5. The molecule has 0 aliphatic rings. The first-order chi connectivity index (χ1) is 12.7. The van der Waals surface area contributed by atoms with Gasteiger partial charge in [0.25, 0.3) is 0 Å². The van der Waals surface area contributed by atoms with Crippen LogP contribution in [0.2, 0.25) is 0 Å². The molecule has 9 heteroatoms. The third kappa shape index (κ3) is 6.15. The molecular weight excluding hydrogens is 375 g/mol. The van der Waals surface area contributed by atoms with Crippen LogP contribution in [-0.4, -0.2) is 44.5 Å². The van der Waals surface area contributed by atoms with Crippen molar-refractivity contribution in [3.05, 3.63) is 65.5 Å². The van der Waals surface area contributed by atoms with Crippen LogP contribution in [-0.2, 0) is 26.1 Å². The van der Waals surface area contributed by atoms with Gasteiger partial charge in [-0.15, -0.1) is 0 Å². The molecule has 1 N–H and O–H groups in total. The number of ether oxygens (including phenoxy) is 1. The topological polar surface area (TPSA) is 92.8 Å². The van der Waals surface area contributed by atoms with E-state index in [2.05, 4.69) is 10.1 Å². The molecule has 0 saturated heterocycles. The molecule has 0 aromatic heterocycles. The van der Waals surface area contributed by atoms with Crippen LogP contribution in [0.15, 0.2) is 48.5 Å². The highest BCUT2D eigenvalue weighted by Gasteiger charge is 2.21. The standard InChI is InChI=1S/C18H19FN2O5S/c1-26-18(23)14-4-3-5-16(10-14)20-17(22)12-21(27(2,24)25)11-13-6-8-15(19)9-7-13/h3-10H,11-12H2,1-2H3,(H,20,22). The molecule has 1 amide bonds. The minimum Gasteiger partial charge on any atom is -0.465 e. The van der Waals surface area contributed by atoms with Crippen molar-refractivity contribution in [2.45, 2.75) is 6.54 Å². The maximum Gasteiger partial charge on any atom is 0.337 e. The Kier molecular flexibility index (Phi) is 6.65. The molecule has 0 spiro atoms. The maximum atomic E-state index is 13.0. The summed E-state index contributed by atoms with van der Waals surface area (Å²) >= 11 is 0. The van der Waals surface area contributed by atoms with Crippen molar-refractivity contribution in [3.63, 3.8) is 0 Å². The van der Waals surface area contributed by atoms with Crippen LogP contribution in [0.5, 0.6) is 0 Å². The fourth-order valence-corrected chi connectivity index (χ4v) is 3.02. The summed E-state index contributed by atoms with van der Waals surface area (Å²) in [7, 11) is -2.44. The van der Waals surface area contributed by atoms with Gasteiger partial charge in [-0.2, -0.15) is 4.31 Å². The van der Waals surface area contributed by atoms with Gasteiger partial charge in [-0.05, 0) is 35.9 Å². The second kappa shape index (κ2) is 8.74. The Morgan fingerprint density at radius 2 is 1.81 bits per heavy atom. The fourth-order valence-electron chi connectivity index (χ4n) is 2.29. The van der Waals surface area contributed by atoms with E-state index in [-0.39, 0.29) is 12.1 Å². The first kappa shape index (κ1) is 20.5. The van der Waals surface area contributed by atoms with Crippen LogP contribution in [0, 0.1) is 5.82 Å². The molecule has 2 aromatic carbocycles. The number of anilines is 1. The summed E-state index contributed by atoms with van der Waals surface area (Å²) in [4.78, 5) is 23.8. The summed E-state index contributed by atoms with van der Waals surface area (Å²) in [6.45, 7) is -0.507. The van der Waals surface area contributed by atoms with Crippen LogP contribution in [0.3, 0.4) is 0 Å². The van der Waals surface area contributed by atoms with E-state index in [1.54, 1.807) is 12.1 Å². The largest absolute Gasteiger partial charge is 0.465 e. The van der Waals surface area contributed by atoms with Gasteiger partial charge in [0.05, 0.1) is 25.5 Å². The summed E-state index contributed by atoms with van der Waals surface area (Å²) < 4.78 is 42.6. The molecule has 0 aliphatic heterocycles. The number of sulfonamides is 1. The molecule has 2 rings (SSSR count). The molecule has 2 aromatic rings. The first-order valence-corrected chi connectivity index (χ1v) is 9.71. The van der Waals surface area contributed by atoms with Crippen molar-refractivity contribution < 1.29 is 27.1 Å². The lowest BCUT2D eigenvalue weighted by Crippen LogP contribution is -2.36. The number of nitrogens with one attached hydrogen (secondary N) is 1. The van der Waals surface area contributed by atoms with E-state index in [4.69, 9.17) is 0 Å². The molecule has 0 saturated carbocycles. The van der Waals surface area contributed by atoms with E-state index in [1.807, 2.05) is 0 Å². The normalized spacial score (nSPS) is 11.3. The van der Waals surface area contributed by atoms with Crippen molar-refractivity contribution >= 4 is 27.6 Å². The summed E-state index contributed by atoms with van der Waals surface area (Å²) in [6.07, 6.45) is 0.988. The number of rotatable bonds is 7. The number of hydrogen-bond donors (Lipinski definition) is 1. The van der Waals surface area contributed by atoms with E-state index in [1.165, 1.54) is 43.5 Å². The van der Waals surface area contributed by atoms with Crippen molar-refractivity contribution in [3.8, 4) is 0 Å². The third-order valence-corrected chi connectivity index (χ3v) is 4.82. The lowest BCUT2D eigenvalue weighted by molar-refractivity contribution is -0.116. The Hall–Kier alpha value is -2.78. The number of carbonyl (C=O) groups is 2. The molecule has 0 atom stereocenters. The fraction of sp³-hybridized carbons (Fsp3) is 0.222. The van der Waals surface area contributed by atoms with Gasteiger partial charge in [0.15, 0.2) is 0 Å². The molecule has 0 bridgehead atoms. The van der Waals surface area contributed by atoms with E-state index < -0.39 is 34.3 Å². The molecule has 0 aliphatic carbocycles. The summed E-state index contributed by atoms with van der Waals surface area (Å²) in [5.41, 5.74) is 1.13. The van der Waals surface area contributed by atoms with Crippen molar-refractivity contribution in [2.75, 3.05) is 25.2 Å². The lowest BCUT2D eigenvalue weighted by atomic mass is 10.2. The quantitative estimate of drug-likeness (QED) is 0.725. The summed E-state index contributed by atoms with van der Waals surface area (Å²) in [6, 6.07) is 11.4. The minimum atomic E-state index is -3.68. The van der Waals surface area contributed by atoms with Crippen LogP contribution in [0.1, 0.15) is 15.9 Å². The third-order valence-electron chi connectivity index (χ3n) is 3.63. The number of esters is 1. The number of methoxy groups -OCH3 is 1. The molecule has 0 unspecified atom stereocenters. The van der Waals surface area contributed by atoms with Crippen molar-refractivity contribution in [1.29, 1.82) is 0 Å². The van der Waals surface area contributed by atoms with Gasteiger partial charge < -0.3 is 10.1 Å². The zero-order valence-corrected chi connectivity index (χ0v) is 15.6. The lowest BCUT2D eigenvalue weighted by Gasteiger charge is -2.19. The molecule has 0 radical (unpaired) electrons. The van der Waals surface area contributed by atoms with Gasteiger partial charge >= 0.3 is 5.97 Å². The Bertz CT molecular complexity index is 929. The molecule has 144 valence electrons. The summed E-state index contributed by atoms with van der Waals surface area (Å²) in [5, 5.41) is 2.55. The SMILES string of the molecule is COC(=O)c1cccc(NC(=O)CN(Cc2ccc(F)cc2)S(C)(=O)=O)c1. The van der Waals surface area contributed by atoms with E-state index in [0.29, 0.717) is 11.3 Å². The predicted molar refractivity (Wildman–Crippen MR) is 98.1 cm³/mol. The Balaban J connectivity index is 2.10. The Morgan fingerprint density at radius 3 is 2.41 bits per heavy atom. The van der Waals surface area contributed by atoms with Crippen LogP contribution >= 0.6 is 0 Å². The molecule has 0 fully saturated rings. The molecule has 0 heterocycles. The zero-order valence-electron chi connectivity index (χ0n) is 14.8. The number of carbonyl (C=O) groups excluding carboxylic acids is 2. The van der Waals surface area contributed by atoms with Crippen LogP contribution < -0.4 is 5.32 Å². The number of halogens is 1. The second-order valence-corrected chi connectivity index (χ2v) is 7.76. The number of nitrogens with zero attached hydrogens (tertiary/aromatic N) is 1. The second-order valence-electron chi connectivity index (χ2n) is 5.78. The smallest absolute Gasteiger partial charge is 0.337 e. The monoisotopic (exact) mass is 394 g/mol. The predicted octanol–water partition coefficient (Wildman–Crippen LogP) is 2.01. The molecule has 7 nitrogen and oxygen atoms in total. The van der Waals surface area contributed by atoms with Gasteiger partial charge in [0.2, 0.25) is 15.9 Å².